The average molecular weight is 364 g/mol. The lowest BCUT2D eigenvalue weighted by molar-refractivity contribution is -0.128. The van der Waals surface area contributed by atoms with Gasteiger partial charge >= 0.3 is 5.97 Å². The van der Waals surface area contributed by atoms with Gasteiger partial charge < -0.3 is 4.74 Å². The van der Waals surface area contributed by atoms with Gasteiger partial charge in [-0.05, 0) is 35.9 Å². The van der Waals surface area contributed by atoms with Crippen LogP contribution in [0.2, 0.25) is 0 Å². The highest BCUT2D eigenvalue weighted by atomic mass is 32.2. The van der Waals surface area contributed by atoms with Crippen LogP contribution in [0.25, 0.3) is 6.08 Å². The third-order valence-electron chi connectivity index (χ3n) is 3.38. The molecule has 0 aliphatic carbocycles. The average Bonchev–Trinajstić information content (AvgIpc) is 3.09. The molecule has 6 heteroatoms. The van der Waals surface area contributed by atoms with E-state index in [1.807, 2.05) is 35.7 Å². The largest absolute Gasteiger partial charge is 0.423 e. The minimum Gasteiger partial charge on any atom is -0.423 e. The first-order valence-electron chi connectivity index (χ1n) is 7.30. The first-order valence-corrected chi connectivity index (χ1v) is 9.40. The molecule has 0 bridgehead atoms. The maximum atomic E-state index is 13.5. The van der Waals surface area contributed by atoms with Crippen molar-refractivity contribution in [1.82, 2.24) is 0 Å². The Morgan fingerprint density at radius 1 is 1.04 bits per heavy atom. The molecule has 0 amide bonds. The van der Waals surface area contributed by atoms with E-state index in [1.54, 1.807) is 12.1 Å². The minimum atomic E-state index is -0.727. The molecule has 2 aromatic rings. The van der Waals surface area contributed by atoms with Crippen molar-refractivity contribution in [3.8, 4) is 5.75 Å². The SMILES string of the molecule is O=C(C=Cc1c(F)cccc1F)Oc1ccc(C2SCCS2)cc1. The first kappa shape index (κ1) is 17.0. The maximum absolute atomic E-state index is 13.5. The van der Waals surface area contributed by atoms with E-state index in [-0.39, 0.29) is 5.56 Å². The molecule has 0 saturated carbocycles. The zero-order valence-electron chi connectivity index (χ0n) is 12.6. The molecule has 1 heterocycles. The van der Waals surface area contributed by atoms with E-state index < -0.39 is 17.6 Å². The van der Waals surface area contributed by atoms with Crippen LogP contribution in [0.3, 0.4) is 0 Å². The van der Waals surface area contributed by atoms with Gasteiger partial charge in [0.2, 0.25) is 0 Å². The normalized spacial score (nSPS) is 15.1. The molecule has 1 saturated heterocycles. The third kappa shape index (κ3) is 4.19. The fourth-order valence-electron chi connectivity index (χ4n) is 2.22. The van der Waals surface area contributed by atoms with Crippen LogP contribution in [0.15, 0.2) is 48.5 Å². The number of carbonyl (C=O) groups is 1. The van der Waals surface area contributed by atoms with Gasteiger partial charge in [-0.3, -0.25) is 0 Å². The van der Waals surface area contributed by atoms with E-state index in [9.17, 15) is 13.6 Å². The predicted octanol–water partition coefficient (Wildman–Crippen LogP) is 5.06. The molecule has 3 rings (SSSR count). The van der Waals surface area contributed by atoms with Gasteiger partial charge in [0.1, 0.15) is 17.4 Å². The molecule has 0 atom stereocenters. The lowest BCUT2D eigenvalue weighted by Gasteiger charge is -2.09. The van der Waals surface area contributed by atoms with Gasteiger partial charge in [-0.1, -0.05) is 18.2 Å². The van der Waals surface area contributed by atoms with Gasteiger partial charge in [0.05, 0.1) is 4.58 Å². The number of ether oxygens (including phenoxy) is 1. The molecule has 0 spiro atoms. The van der Waals surface area contributed by atoms with Crippen molar-refractivity contribution in [3.63, 3.8) is 0 Å². The summed E-state index contributed by atoms with van der Waals surface area (Å²) in [6.07, 6.45) is 2.09. The monoisotopic (exact) mass is 364 g/mol. The summed E-state index contributed by atoms with van der Waals surface area (Å²) in [4.78, 5) is 11.8. The first-order chi connectivity index (χ1) is 11.6. The van der Waals surface area contributed by atoms with Crippen molar-refractivity contribution in [1.29, 1.82) is 0 Å². The molecular formula is C18H14F2O2S2. The number of esters is 1. The van der Waals surface area contributed by atoms with Crippen LogP contribution >= 0.6 is 23.5 Å². The summed E-state index contributed by atoms with van der Waals surface area (Å²) >= 11 is 3.79. The molecule has 24 heavy (non-hydrogen) atoms. The summed E-state index contributed by atoms with van der Waals surface area (Å²) in [6, 6.07) is 10.8. The van der Waals surface area contributed by atoms with Gasteiger partial charge in [-0.2, -0.15) is 0 Å². The Morgan fingerprint density at radius 3 is 2.29 bits per heavy atom. The van der Waals surface area contributed by atoms with Crippen LogP contribution in [0.1, 0.15) is 15.7 Å². The number of halogens is 2. The van der Waals surface area contributed by atoms with E-state index in [2.05, 4.69) is 0 Å². The highest BCUT2D eigenvalue weighted by Gasteiger charge is 2.18. The van der Waals surface area contributed by atoms with Crippen LogP contribution in [0.5, 0.6) is 5.75 Å². The van der Waals surface area contributed by atoms with Gasteiger partial charge in [-0.15, -0.1) is 23.5 Å². The number of benzene rings is 2. The number of hydrogen-bond acceptors (Lipinski definition) is 4. The standard InChI is InChI=1S/C18H14F2O2S2/c19-15-2-1-3-16(20)14(15)8-9-17(21)22-13-6-4-12(5-7-13)18-23-10-11-24-18/h1-9,18H,10-11H2. The fraction of sp³-hybridized carbons (Fsp3) is 0.167. The van der Waals surface area contributed by atoms with E-state index in [0.717, 1.165) is 35.8 Å². The Labute approximate surface area is 147 Å². The van der Waals surface area contributed by atoms with Crippen LogP contribution in [0.4, 0.5) is 8.78 Å². The van der Waals surface area contributed by atoms with E-state index >= 15 is 0 Å². The Kier molecular flexibility index (Phi) is 5.58. The van der Waals surface area contributed by atoms with Crippen LogP contribution in [-0.4, -0.2) is 17.5 Å². The van der Waals surface area contributed by atoms with Gasteiger partial charge in [0, 0.05) is 23.1 Å². The minimum absolute atomic E-state index is 0.264. The highest BCUT2D eigenvalue weighted by molar-refractivity contribution is 8.19. The third-order valence-corrected chi connectivity index (χ3v) is 6.48. The van der Waals surface area contributed by atoms with Crippen LogP contribution in [-0.2, 0) is 4.79 Å². The summed E-state index contributed by atoms with van der Waals surface area (Å²) in [7, 11) is 0. The van der Waals surface area contributed by atoms with Gasteiger partial charge in [0.25, 0.3) is 0 Å². The summed E-state index contributed by atoms with van der Waals surface area (Å²) in [6.45, 7) is 0. The molecule has 2 nitrogen and oxygen atoms in total. The number of hydrogen-bond donors (Lipinski definition) is 0. The second kappa shape index (κ2) is 7.85. The van der Waals surface area contributed by atoms with Crippen molar-refractivity contribution < 1.29 is 18.3 Å². The zero-order valence-corrected chi connectivity index (χ0v) is 14.2. The van der Waals surface area contributed by atoms with Crippen molar-refractivity contribution in [2.75, 3.05) is 11.5 Å². The van der Waals surface area contributed by atoms with E-state index in [4.69, 9.17) is 4.74 Å². The quantitative estimate of drug-likeness (QED) is 0.430. The predicted molar refractivity (Wildman–Crippen MR) is 95.1 cm³/mol. The number of rotatable bonds is 4. The molecule has 2 aromatic carbocycles. The Hall–Kier alpha value is -1.79. The highest BCUT2D eigenvalue weighted by Crippen LogP contribution is 2.45. The molecule has 1 fully saturated rings. The Balaban J connectivity index is 1.63. The number of carbonyl (C=O) groups excluding carboxylic acids is 1. The molecule has 0 aromatic heterocycles. The van der Waals surface area contributed by atoms with Gasteiger partial charge in [0.15, 0.2) is 0 Å². The summed E-state index contributed by atoms with van der Waals surface area (Å²) < 4.78 is 32.5. The molecular weight excluding hydrogens is 350 g/mol. The van der Waals surface area contributed by atoms with Crippen molar-refractivity contribution in [2.24, 2.45) is 0 Å². The maximum Gasteiger partial charge on any atom is 0.336 e. The van der Waals surface area contributed by atoms with Crippen molar-refractivity contribution in [3.05, 3.63) is 71.3 Å². The lowest BCUT2D eigenvalue weighted by atomic mass is 10.2. The Morgan fingerprint density at radius 2 is 1.67 bits per heavy atom. The van der Waals surface area contributed by atoms with Crippen molar-refractivity contribution in [2.45, 2.75) is 4.58 Å². The molecule has 0 radical (unpaired) electrons. The Bertz CT molecular complexity index is 734. The topological polar surface area (TPSA) is 26.3 Å². The second-order valence-corrected chi connectivity index (χ2v) is 7.76. The molecule has 124 valence electrons. The van der Waals surface area contributed by atoms with Crippen LogP contribution in [0, 0.1) is 11.6 Å². The zero-order chi connectivity index (χ0) is 16.9. The number of thioether (sulfide) groups is 2. The fourth-order valence-corrected chi connectivity index (χ4v) is 5.07. The second-order valence-electron chi connectivity index (χ2n) is 5.03. The van der Waals surface area contributed by atoms with E-state index in [1.165, 1.54) is 11.6 Å². The summed E-state index contributed by atoms with van der Waals surface area (Å²) in [5, 5.41) is 0. The van der Waals surface area contributed by atoms with E-state index in [0.29, 0.717) is 10.3 Å². The lowest BCUT2D eigenvalue weighted by Crippen LogP contribution is -2.04. The molecule has 1 aliphatic rings. The van der Waals surface area contributed by atoms with Crippen molar-refractivity contribution >= 4 is 35.6 Å². The summed E-state index contributed by atoms with van der Waals surface area (Å²) in [5.74, 6) is 0.544. The summed E-state index contributed by atoms with van der Waals surface area (Å²) in [5.41, 5.74) is 0.923. The van der Waals surface area contributed by atoms with Crippen LogP contribution < -0.4 is 4.74 Å². The molecule has 1 aliphatic heterocycles. The smallest absolute Gasteiger partial charge is 0.336 e. The van der Waals surface area contributed by atoms with Gasteiger partial charge in [-0.25, -0.2) is 13.6 Å². The molecule has 0 unspecified atom stereocenters. The molecule has 0 N–H and O–H groups in total.